The molecule has 230 valence electrons. The van der Waals surface area contributed by atoms with Crippen molar-refractivity contribution >= 4 is 22.1 Å². The smallest absolute Gasteiger partial charge is 0.138 e. The van der Waals surface area contributed by atoms with Gasteiger partial charge in [0.25, 0.3) is 0 Å². The van der Waals surface area contributed by atoms with E-state index in [4.69, 9.17) is 9.72 Å². The number of benzene rings is 1. The third kappa shape index (κ3) is 6.43. The molecule has 10 heteroatoms. The minimum Gasteiger partial charge on any atom is -0.492 e. The fourth-order valence-electron chi connectivity index (χ4n) is 6.16. The third-order valence-electron chi connectivity index (χ3n) is 8.51. The Hall–Kier alpha value is -4.67. The van der Waals surface area contributed by atoms with Crippen molar-refractivity contribution in [2.24, 2.45) is 5.92 Å². The minimum atomic E-state index is -0.355. The van der Waals surface area contributed by atoms with Gasteiger partial charge in [-0.15, -0.1) is 0 Å². The van der Waals surface area contributed by atoms with Gasteiger partial charge < -0.3 is 19.9 Å². The van der Waals surface area contributed by atoms with E-state index in [9.17, 15) is 4.39 Å². The van der Waals surface area contributed by atoms with E-state index >= 15 is 0 Å². The average molecular weight is 605 g/mol. The molecule has 0 amide bonds. The van der Waals surface area contributed by atoms with Crippen molar-refractivity contribution < 1.29 is 9.13 Å². The fourth-order valence-corrected chi connectivity index (χ4v) is 6.16. The molecule has 1 saturated carbocycles. The molecule has 9 nitrogen and oxygen atoms in total. The molecule has 5 aromatic heterocycles. The number of nitrogens with zero attached hydrogens (tertiary/aromatic N) is 5. The molecule has 3 N–H and O–H groups in total. The summed E-state index contributed by atoms with van der Waals surface area (Å²) in [4.78, 5) is 19.5. The van der Waals surface area contributed by atoms with Gasteiger partial charge in [0.2, 0.25) is 0 Å². The third-order valence-corrected chi connectivity index (χ3v) is 8.51. The Morgan fingerprint density at radius 1 is 1.02 bits per heavy atom. The van der Waals surface area contributed by atoms with Crippen LogP contribution >= 0.6 is 0 Å². The average Bonchev–Trinajstić information content (AvgIpc) is 3.80. The van der Waals surface area contributed by atoms with Crippen molar-refractivity contribution in [3.05, 3.63) is 78.5 Å². The lowest BCUT2D eigenvalue weighted by Crippen LogP contribution is -2.20. The molecule has 7 rings (SSSR count). The molecule has 0 saturated heterocycles. The largest absolute Gasteiger partial charge is 0.492 e. The van der Waals surface area contributed by atoms with Crippen LogP contribution in [0.15, 0.2) is 67.1 Å². The normalized spacial score (nSPS) is 13.9. The Morgan fingerprint density at radius 3 is 2.78 bits per heavy atom. The maximum absolute atomic E-state index is 14.7. The summed E-state index contributed by atoms with van der Waals surface area (Å²) in [5.41, 5.74) is 8.18. The number of H-pyrrole nitrogens is 2. The van der Waals surface area contributed by atoms with Gasteiger partial charge in [-0.1, -0.05) is 12.8 Å². The Balaban J connectivity index is 1.17. The van der Waals surface area contributed by atoms with Crippen LogP contribution in [0.25, 0.3) is 55.8 Å². The van der Waals surface area contributed by atoms with Gasteiger partial charge in [-0.25, -0.2) is 14.4 Å². The van der Waals surface area contributed by atoms with E-state index < -0.39 is 0 Å². The lowest BCUT2D eigenvalue weighted by molar-refractivity contribution is 0.260. The Morgan fingerprint density at radius 2 is 1.91 bits per heavy atom. The molecular formula is C35H37FN8O. The lowest BCUT2D eigenvalue weighted by Gasteiger charge is -2.12. The summed E-state index contributed by atoms with van der Waals surface area (Å²) in [7, 11) is 3.95. The van der Waals surface area contributed by atoms with Gasteiger partial charge in [-0.3, -0.25) is 10.1 Å². The number of pyridine rings is 3. The molecule has 0 unspecified atom stereocenters. The van der Waals surface area contributed by atoms with Gasteiger partial charge in [0.05, 0.1) is 16.9 Å². The number of hydrogen-bond acceptors (Lipinski definition) is 7. The van der Waals surface area contributed by atoms with E-state index in [1.54, 1.807) is 6.20 Å². The van der Waals surface area contributed by atoms with Gasteiger partial charge in [0.1, 0.15) is 35.0 Å². The number of ether oxygens (including phenoxy) is 1. The van der Waals surface area contributed by atoms with E-state index in [0.717, 1.165) is 70.1 Å². The summed E-state index contributed by atoms with van der Waals surface area (Å²) in [6, 6.07) is 14.8. The van der Waals surface area contributed by atoms with Gasteiger partial charge in [0, 0.05) is 48.7 Å². The van der Waals surface area contributed by atoms with Crippen LogP contribution in [0.3, 0.4) is 0 Å². The van der Waals surface area contributed by atoms with Crippen molar-refractivity contribution in [2.45, 2.75) is 32.2 Å². The zero-order chi connectivity index (χ0) is 30.8. The summed E-state index contributed by atoms with van der Waals surface area (Å²) < 4.78 is 20.5. The molecule has 0 atom stereocenters. The van der Waals surface area contributed by atoms with E-state index in [1.165, 1.54) is 37.8 Å². The number of aromatic amines is 2. The zero-order valence-corrected chi connectivity index (χ0v) is 25.6. The van der Waals surface area contributed by atoms with Gasteiger partial charge in [-0.2, -0.15) is 5.10 Å². The van der Waals surface area contributed by atoms with Gasteiger partial charge in [0.15, 0.2) is 0 Å². The van der Waals surface area contributed by atoms with Gasteiger partial charge >= 0.3 is 0 Å². The molecule has 0 aliphatic heterocycles. The van der Waals surface area contributed by atoms with Crippen molar-refractivity contribution in [1.29, 1.82) is 0 Å². The Labute approximate surface area is 261 Å². The van der Waals surface area contributed by atoms with E-state index in [-0.39, 0.29) is 5.82 Å². The SMILES string of the molecule is CN(C)CCOc1cc(F)cc(-c2ccnc3[nH]c(-c4n[nH]c5ccc(-c6cncc(CNCC7CCCC7)c6)nc45)cc23)c1. The molecule has 1 aromatic carbocycles. The quantitative estimate of drug-likeness (QED) is 0.153. The molecule has 1 aliphatic rings. The summed E-state index contributed by atoms with van der Waals surface area (Å²) in [5.74, 6) is 0.927. The molecule has 45 heavy (non-hydrogen) atoms. The van der Waals surface area contributed by atoms with E-state index in [0.29, 0.717) is 29.3 Å². The number of halogens is 1. The predicted molar refractivity (Wildman–Crippen MR) is 175 cm³/mol. The van der Waals surface area contributed by atoms with Crippen LogP contribution in [-0.2, 0) is 6.54 Å². The van der Waals surface area contributed by atoms with Crippen LogP contribution in [0, 0.1) is 11.7 Å². The van der Waals surface area contributed by atoms with Gasteiger partial charge in [-0.05, 0) is 98.6 Å². The van der Waals surface area contributed by atoms with Crippen molar-refractivity contribution in [3.63, 3.8) is 0 Å². The second-order valence-corrected chi connectivity index (χ2v) is 12.2. The lowest BCUT2D eigenvalue weighted by atomic mass is 10.0. The minimum absolute atomic E-state index is 0.355. The Kier molecular flexibility index (Phi) is 8.23. The van der Waals surface area contributed by atoms with Crippen molar-refractivity contribution in [1.82, 2.24) is 40.3 Å². The highest BCUT2D eigenvalue weighted by atomic mass is 19.1. The molecule has 6 aromatic rings. The Bertz CT molecular complexity index is 1940. The topological polar surface area (TPSA) is 108 Å². The van der Waals surface area contributed by atoms with Crippen LogP contribution in [0.2, 0.25) is 0 Å². The number of nitrogens with one attached hydrogen (secondary N) is 3. The highest BCUT2D eigenvalue weighted by Gasteiger charge is 2.18. The van der Waals surface area contributed by atoms with E-state index in [1.807, 2.05) is 61.7 Å². The molecule has 5 heterocycles. The van der Waals surface area contributed by atoms with Crippen molar-refractivity contribution in [2.75, 3.05) is 33.8 Å². The number of aromatic nitrogens is 6. The highest BCUT2D eigenvalue weighted by Crippen LogP contribution is 2.35. The number of likely N-dealkylation sites (N-methyl/N-ethyl adjacent to an activating group) is 1. The van der Waals surface area contributed by atoms with Crippen LogP contribution in [0.4, 0.5) is 4.39 Å². The first-order valence-electron chi connectivity index (χ1n) is 15.6. The second kappa shape index (κ2) is 12.7. The fraction of sp³-hybridized carbons (Fsp3) is 0.314. The first-order valence-corrected chi connectivity index (χ1v) is 15.6. The predicted octanol–water partition coefficient (Wildman–Crippen LogP) is 6.59. The molecule has 0 spiro atoms. The zero-order valence-electron chi connectivity index (χ0n) is 25.6. The van der Waals surface area contributed by atoms with Crippen molar-refractivity contribution in [3.8, 4) is 39.5 Å². The molecular weight excluding hydrogens is 567 g/mol. The standard InChI is InChI=1S/C35H37FN8O/c1-44(2)11-12-45-27-15-24(14-26(36)16-27)28-9-10-39-35-29(28)17-32(41-35)34-33-31(42-43-34)8-7-30(40-33)25-13-23(20-38-21-25)19-37-18-22-5-3-4-6-22/h7-10,13-17,20-22,37H,3-6,11-12,18-19H2,1-2H3,(H,39,41)(H,42,43). The first kappa shape index (κ1) is 29.1. The van der Waals surface area contributed by atoms with Crippen LogP contribution in [0.1, 0.15) is 31.2 Å². The van der Waals surface area contributed by atoms with Crippen LogP contribution in [-0.4, -0.2) is 68.8 Å². The highest BCUT2D eigenvalue weighted by molar-refractivity contribution is 5.99. The molecule has 1 aliphatic carbocycles. The summed E-state index contributed by atoms with van der Waals surface area (Å²) in [6.07, 6.45) is 10.8. The first-order chi connectivity index (χ1) is 22.0. The summed E-state index contributed by atoms with van der Waals surface area (Å²) in [5, 5.41) is 12.2. The molecule has 1 fully saturated rings. The maximum Gasteiger partial charge on any atom is 0.138 e. The number of fused-ring (bicyclic) bond motifs is 2. The summed E-state index contributed by atoms with van der Waals surface area (Å²) >= 11 is 0. The van der Waals surface area contributed by atoms with E-state index in [2.05, 4.69) is 36.5 Å². The van der Waals surface area contributed by atoms with Crippen LogP contribution < -0.4 is 10.1 Å². The number of rotatable bonds is 11. The summed E-state index contributed by atoms with van der Waals surface area (Å²) in [6.45, 7) is 3.04. The number of hydrogen-bond donors (Lipinski definition) is 3. The maximum atomic E-state index is 14.7. The molecule has 0 bridgehead atoms. The monoisotopic (exact) mass is 604 g/mol. The van der Waals surface area contributed by atoms with Crippen LogP contribution in [0.5, 0.6) is 5.75 Å². The second-order valence-electron chi connectivity index (χ2n) is 12.2. The molecule has 0 radical (unpaired) electrons.